The van der Waals surface area contributed by atoms with Crippen LogP contribution in [-0.2, 0) is 5.54 Å². The van der Waals surface area contributed by atoms with Gasteiger partial charge in [-0.3, -0.25) is 0 Å². The van der Waals surface area contributed by atoms with Crippen LogP contribution in [0.25, 0.3) is 0 Å². The van der Waals surface area contributed by atoms with E-state index in [1.807, 2.05) is 0 Å². The summed E-state index contributed by atoms with van der Waals surface area (Å²) in [6.45, 7) is 5.63. The Bertz CT molecular complexity index is 331. The van der Waals surface area contributed by atoms with E-state index in [2.05, 4.69) is 43.4 Å². The van der Waals surface area contributed by atoms with Crippen LogP contribution in [-0.4, -0.2) is 6.54 Å². The molecular weight excluding hydrogens is 206 g/mol. The van der Waals surface area contributed by atoms with Gasteiger partial charge in [0, 0.05) is 5.54 Å². The molecule has 1 nitrogen and oxygen atoms in total. The van der Waals surface area contributed by atoms with Crippen LogP contribution in [0.15, 0.2) is 24.3 Å². The van der Waals surface area contributed by atoms with Crippen molar-refractivity contribution < 1.29 is 0 Å². The van der Waals surface area contributed by atoms with Crippen molar-refractivity contribution in [2.24, 2.45) is 0 Å². The quantitative estimate of drug-likeness (QED) is 0.824. The van der Waals surface area contributed by atoms with Crippen molar-refractivity contribution in [1.82, 2.24) is 5.32 Å². The largest absolute Gasteiger partial charge is 0.307 e. The van der Waals surface area contributed by atoms with Crippen LogP contribution >= 0.6 is 0 Å². The molecule has 1 aliphatic heterocycles. The van der Waals surface area contributed by atoms with Crippen molar-refractivity contribution in [3.8, 4) is 0 Å². The van der Waals surface area contributed by atoms with Crippen LogP contribution in [0, 0.1) is 6.92 Å². The zero-order valence-electron chi connectivity index (χ0n) is 11.3. The van der Waals surface area contributed by atoms with E-state index in [0.717, 1.165) is 0 Å². The van der Waals surface area contributed by atoms with Gasteiger partial charge in [-0.05, 0) is 38.3 Å². The van der Waals surface area contributed by atoms with Crippen LogP contribution in [0.5, 0.6) is 0 Å². The first-order valence-electron chi connectivity index (χ1n) is 7.09. The lowest BCUT2D eigenvalue weighted by molar-refractivity contribution is 0.297. The molecule has 0 spiro atoms. The van der Waals surface area contributed by atoms with Crippen molar-refractivity contribution in [2.45, 2.75) is 57.9 Å². The summed E-state index contributed by atoms with van der Waals surface area (Å²) in [6.07, 6.45) is 7.88. The average molecular weight is 231 g/mol. The second kappa shape index (κ2) is 5.68. The minimum absolute atomic E-state index is 0.249. The zero-order chi connectivity index (χ0) is 12.1. The first kappa shape index (κ1) is 12.6. The van der Waals surface area contributed by atoms with Gasteiger partial charge in [0.05, 0.1) is 0 Å². The third-order valence-electron chi connectivity index (χ3n) is 4.02. The Balaban J connectivity index is 2.28. The maximum atomic E-state index is 3.83. The summed E-state index contributed by atoms with van der Waals surface area (Å²) >= 11 is 0. The number of aryl methyl sites for hydroxylation is 1. The molecule has 94 valence electrons. The lowest BCUT2D eigenvalue weighted by atomic mass is 9.81. The maximum Gasteiger partial charge on any atom is 0.0434 e. The van der Waals surface area contributed by atoms with Gasteiger partial charge in [0.1, 0.15) is 0 Å². The van der Waals surface area contributed by atoms with Crippen LogP contribution in [0.2, 0.25) is 0 Å². The highest BCUT2D eigenvalue weighted by atomic mass is 15.0. The summed E-state index contributed by atoms with van der Waals surface area (Å²) in [5, 5.41) is 3.83. The highest BCUT2D eigenvalue weighted by Gasteiger charge is 2.31. The van der Waals surface area contributed by atoms with Crippen molar-refractivity contribution in [1.29, 1.82) is 0 Å². The predicted octanol–water partition coefficient (Wildman–Crippen LogP) is 4.15. The topological polar surface area (TPSA) is 12.0 Å². The Kier molecular flexibility index (Phi) is 4.22. The van der Waals surface area contributed by atoms with E-state index < -0.39 is 0 Å². The monoisotopic (exact) mass is 231 g/mol. The summed E-state index contributed by atoms with van der Waals surface area (Å²) in [7, 11) is 0. The van der Waals surface area contributed by atoms with Crippen LogP contribution in [0.4, 0.5) is 0 Å². The lowest BCUT2D eigenvalue weighted by Crippen LogP contribution is -2.41. The van der Waals surface area contributed by atoms with Crippen molar-refractivity contribution in [2.75, 3.05) is 6.54 Å². The van der Waals surface area contributed by atoms with Gasteiger partial charge < -0.3 is 5.32 Å². The molecule has 1 heteroatoms. The fraction of sp³-hybridized carbons (Fsp3) is 0.625. The van der Waals surface area contributed by atoms with Crippen LogP contribution in [0.3, 0.4) is 0 Å². The van der Waals surface area contributed by atoms with E-state index in [0.29, 0.717) is 0 Å². The number of hydrogen-bond acceptors (Lipinski definition) is 1. The minimum Gasteiger partial charge on any atom is -0.307 e. The van der Waals surface area contributed by atoms with Gasteiger partial charge in [-0.25, -0.2) is 0 Å². The number of rotatable bonds is 3. The third-order valence-corrected chi connectivity index (χ3v) is 4.02. The van der Waals surface area contributed by atoms with Crippen molar-refractivity contribution >= 4 is 0 Å². The SMILES string of the molecule is CCCC1(c2ccc(C)cc2)CCCCCN1. The highest BCUT2D eigenvalue weighted by Crippen LogP contribution is 2.34. The first-order chi connectivity index (χ1) is 8.27. The van der Waals surface area contributed by atoms with Crippen LogP contribution in [0.1, 0.15) is 56.6 Å². The summed E-state index contributed by atoms with van der Waals surface area (Å²) < 4.78 is 0. The first-order valence-corrected chi connectivity index (χ1v) is 7.09. The van der Waals surface area contributed by atoms with Gasteiger partial charge in [-0.15, -0.1) is 0 Å². The van der Waals surface area contributed by atoms with Gasteiger partial charge in [-0.2, -0.15) is 0 Å². The molecule has 2 rings (SSSR count). The fourth-order valence-electron chi connectivity index (χ4n) is 3.05. The third kappa shape index (κ3) is 2.90. The molecule has 0 aromatic heterocycles. The molecule has 1 heterocycles. The van der Waals surface area contributed by atoms with Crippen molar-refractivity contribution in [3.05, 3.63) is 35.4 Å². The predicted molar refractivity (Wildman–Crippen MR) is 74.2 cm³/mol. The molecule has 1 N–H and O–H groups in total. The van der Waals surface area contributed by atoms with Gasteiger partial charge >= 0.3 is 0 Å². The Morgan fingerprint density at radius 3 is 2.59 bits per heavy atom. The Hall–Kier alpha value is -0.820. The summed E-state index contributed by atoms with van der Waals surface area (Å²) in [6, 6.07) is 9.14. The highest BCUT2D eigenvalue weighted by molar-refractivity contribution is 5.28. The van der Waals surface area contributed by atoms with Gasteiger partial charge in [0.15, 0.2) is 0 Å². The zero-order valence-corrected chi connectivity index (χ0v) is 11.3. The van der Waals surface area contributed by atoms with E-state index in [1.54, 1.807) is 0 Å². The maximum absolute atomic E-state index is 3.83. The summed E-state index contributed by atoms with van der Waals surface area (Å²) in [4.78, 5) is 0. The summed E-state index contributed by atoms with van der Waals surface area (Å²) in [5.41, 5.74) is 3.10. The Labute approximate surface area is 106 Å². The molecule has 0 radical (unpaired) electrons. The molecule has 1 aromatic rings. The summed E-state index contributed by atoms with van der Waals surface area (Å²) in [5.74, 6) is 0. The number of benzene rings is 1. The van der Waals surface area contributed by atoms with Crippen LogP contribution < -0.4 is 5.32 Å². The van der Waals surface area contributed by atoms with Gasteiger partial charge in [0.2, 0.25) is 0 Å². The molecule has 0 saturated carbocycles. The molecule has 0 aliphatic carbocycles. The van der Waals surface area contributed by atoms with E-state index in [-0.39, 0.29) is 5.54 Å². The minimum atomic E-state index is 0.249. The standard InChI is InChI=1S/C16H25N/c1-3-11-16(12-5-4-6-13-17-16)15-9-7-14(2)8-10-15/h7-10,17H,3-6,11-13H2,1-2H3. The fourth-order valence-corrected chi connectivity index (χ4v) is 3.05. The van der Waals surface area contributed by atoms with Gasteiger partial charge in [0.25, 0.3) is 0 Å². The molecule has 1 atom stereocenters. The lowest BCUT2D eigenvalue weighted by Gasteiger charge is -2.34. The molecule has 0 amide bonds. The Morgan fingerprint density at radius 2 is 1.88 bits per heavy atom. The molecule has 1 fully saturated rings. The second-order valence-corrected chi connectivity index (χ2v) is 5.44. The molecule has 0 bridgehead atoms. The molecule has 17 heavy (non-hydrogen) atoms. The normalized spacial score (nSPS) is 25.5. The molecule has 1 saturated heterocycles. The number of hydrogen-bond donors (Lipinski definition) is 1. The van der Waals surface area contributed by atoms with E-state index in [9.17, 15) is 0 Å². The van der Waals surface area contributed by atoms with Crippen molar-refractivity contribution in [3.63, 3.8) is 0 Å². The molecule has 1 unspecified atom stereocenters. The van der Waals surface area contributed by atoms with E-state index >= 15 is 0 Å². The number of nitrogens with one attached hydrogen (secondary N) is 1. The smallest absolute Gasteiger partial charge is 0.0434 e. The van der Waals surface area contributed by atoms with E-state index in [1.165, 1.54) is 56.2 Å². The van der Waals surface area contributed by atoms with Gasteiger partial charge in [-0.1, -0.05) is 56.0 Å². The van der Waals surface area contributed by atoms with E-state index in [4.69, 9.17) is 0 Å². The Morgan fingerprint density at radius 1 is 1.12 bits per heavy atom. The average Bonchev–Trinajstić information content (AvgIpc) is 2.57. The molecule has 1 aliphatic rings. The molecular formula is C16H25N. The molecule has 1 aromatic carbocycles. The second-order valence-electron chi connectivity index (χ2n) is 5.44.